The van der Waals surface area contributed by atoms with E-state index in [1.165, 1.54) is 193 Å². The summed E-state index contributed by atoms with van der Waals surface area (Å²) in [5, 5.41) is 0. The van der Waals surface area contributed by atoms with Crippen molar-refractivity contribution in [1.82, 2.24) is 0 Å². The van der Waals surface area contributed by atoms with Crippen LogP contribution in [0.1, 0.15) is 329 Å². The lowest BCUT2D eigenvalue weighted by Crippen LogP contribution is -2.30. The fourth-order valence-electron chi connectivity index (χ4n) is 9.39. The normalized spacial score (nSPS) is 12.5. The summed E-state index contributed by atoms with van der Waals surface area (Å²) in [7, 11) is 0. The van der Waals surface area contributed by atoms with Crippen molar-refractivity contribution in [3.63, 3.8) is 0 Å². The van der Waals surface area contributed by atoms with Gasteiger partial charge in [0.05, 0.1) is 0 Å². The second kappa shape index (κ2) is 63.4. The Morgan fingerprint density at radius 1 is 0.280 bits per heavy atom. The van der Waals surface area contributed by atoms with Crippen molar-refractivity contribution in [1.29, 1.82) is 0 Å². The van der Waals surface area contributed by atoms with Gasteiger partial charge in [0.1, 0.15) is 13.2 Å². The zero-order valence-corrected chi connectivity index (χ0v) is 49.8. The van der Waals surface area contributed by atoms with Crippen LogP contribution >= 0.6 is 0 Å². The molecule has 0 aliphatic rings. The number of carbonyl (C=O) groups excluding carboxylic acids is 3. The van der Waals surface area contributed by atoms with E-state index in [-0.39, 0.29) is 31.1 Å². The number of rotatable bonds is 59. The maximum Gasteiger partial charge on any atom is 0.306 e. The smallest absolute Gasteiger partial charge is 0.306 e. The van der Waals surface area contributed by atoms with Crippen LogP contribution in [0.15, 0.2) is 72.9 Å². The number of allylic oxidation sites excluding steroid dienone is 12. The van der Waals surface area contributed by atoms with Crippen molar-refractivity contribution in [2.24, 2.45) is 0 Å². The number of esters is 3. The Hall–Kier alpha value is -3.15. The molecule has 75 heavy (non-hydrogen) atoms. The highest BCUT2D eigenvalue weighted by Gasteiger charge is 2.19. The van der Waals surface area contributed by atoms with Crippen molar-refractivity contribution < 1.29 is 28.6 Å². The molecular formula is C69H122O6. The Balaban J connectivity index is 4.03. The van der Waals surface area contributed by atoms with E-state index >= 15 is 0 Å². The van der Waals surface area contributed by atoms with Crippen molar-refractivity contribution >= 4 is 17.9 Å². The third kappa shape index (κ3) is 61.6. The molecule has 0 N–H and O–H groups in total. The zero-order valence-electron chi connectivity index (χ0n) is 49.8. The molecule has 434 valence electrons. The molecule has 0 aromatic rings. The first kappa shape index (κ1) is 71.8. The van der Waals surface area contributed by atoms with Gasteiger partial charge in [0, 0.05) is 19.3 Å². The maximum atomic E-state index is 12.8. The third-order valence-corrected chi connectivity index (χ3v) is 14.2. The van der Waals surface area contributed by atoms with Crippen LogP contribution in [0.5, 0.6) is 0 Å². The lowest BCUT2D eigenvalue weighted by atomic mass is 10.0. The van der Waals surface area contributed by atoms with Crippen LogP contribution in [-0.2, 0) is 28.6 Å². The largest absolute Gasteiger partial charge is 0.462 e. The molecule has 0 bridgehead atoms. The Bertz CT molecular complexity index is 1390. The van der Waals surface area contributed by atoms with Gasteiger partial charge in [-0.15, -0.1) is 0 Å². The van der Waals surface area contributed by atoms with E-state index < -0.39 is 6.10 Å². The van der Waals surface area contributed by atoms with Gasteiger partial charge in [-0.3, -0.25) is 14.4 Å². The minimum Gasteiger partial charge on any atom is -0.462 e. The molecule has 0 aromatic heterocycles. The SMILES string of the molecule is CC/C=C\C/C=C\C/C=C\C/C=C\C/C=C\C/C=C\CCCCCCCCCCCCCCCCC(=O)OCC(COC(=O)CCCCCCCCC)OC(=O)CCCCCCCCCCCCCCCCCCC. The minimum absolute atomic E-state index is 0.0697. The van der Waals surface area contributed by atoms with Crippen LogP contribution < -0.4 is 0 Å². The first-order chi connectivity index (χ1) is 37.0. The molecule has 0 aliphatic heterocycles. The summed E-state index contributed by atoms with van der Waals surface area (Å²) in [5.41, 5.74) is 0. The fraction of sp³-hybridized carbons (Fsp3) is 0.783. The molecule has 0 saturated carbocycles. The van der Waals surface area contributed by atoms with Crippen LogP contribution in [0.3, 0.4) is 0 Å². The molecule has 0 fully saturated rings. The second-order valence-corrected chi connectivity index (χ2v) is 21.7. The Morgan fingerprint density at radius 3 is 0.813 bits per heavy atom. The van der Waals surface area contributed by atoms with Gasteiger partial charge >= 0.3 is 17.9 Å². The van der Waals surface area contributed by atoms with E-state index in [4.69, 9.17) is 14.2 Å². The molecule has 6 heteroatoms. The van der Waals surface area contributed by atoms with Crippen molar-refractivity contribution in [2.75, 3.05) is 13.2 Å². The number of ether oxygens (including phenoxy) is 3. The van der Waals surface area contributed by atoms with Gasteiger partial charge in [-0.2, -0.15) is 0 Å². The van der Waals surface area contributed by atoms with Gasteiger partial charge in [0.25, 0.3) is 0 Å². The monoisotopic (exact) mass is 1050 g/mol. The average molecular weight is 1050 g/mol. The Kier molecular flexibility index (Phi) is 60.7. The highest BCUT2D eigenvalue weighted by atomic mass is 16.6. The molecule has 0 heterocycles. The number of hydrogen-bond acceptors (Lipinski definition) is 6. The lowest BCUT2D eigenvalue weighted by molar-refractivity contribution is -0.167. The van der Waals surface area contributed by atoms with Crippen LogP contribution in [0.2, 0.25) is 0 Å². The second-order valence-electron chi connectivity index (χ2n) is 21.7. The average Bonchev–Trinajstić information content (AvgIpc) is 3.41. The van der Waals surface area contributed by atoms with Gasteiger partial charge in [-0.05, 0) is 70.6 Å². The number of carbonyl (C=O) groups is 3. The fourth-order valence-corrected chi connectivity index (χ4v) is 9.39. The summed E-state index contributed by atoms with van der Waals surface area (Å²) in [5.74, 6) is -0.860. The summed E-state index contributed by atoms with van der Waals surface area (Å²) in [6, 6.07) is 0. The summed E-state index contributed by atoms with van der Waals surface area (Å²) < 4.78 is 16.8. The van der Waals surface area contributed by atoms with E-state index in [9.17, 15) is 14.4 Å². The number of hydrogen-bond donors (Lipinski definition) is 0. The van der Waals surface area contributed by atoms with E-state index in [1.807, 2.05) is 0 Å². The van der Waals surface area contributed by atoms with Crippen LogP contribution in [-0.4, -0.2) is 37.2 Å². The topological polar surface area (TPSA) is 78.9 Å². The molecule has 6 nitrogen and oxygen atoms in total. The molecule has 1 atom stereocenters. The highest BCUT2D eigenvalue weighted by Crippen LogP contribution is 2.17. The van der Waals surface area contributed by atoms with E-state index in [0.29, 0.717) is 19.3 Å². The van der Waals surface area contributed by atoms with Gasteiger partial charge in [0.15, 0.2) is 6.10 Å². The third-order valence-electron chi connectivity index (χ3n) is 14.2. The maximum absolute atomic E-state index is 12.8. The molecule has 0 rings (SSSR count). The van der Waals surface area contributed by atoms with Crippen molar-refractivity contribution in [3.05, 3.63) is 72.9 Å². The van der Waals surface area contributed by atoms with Gasteiger partial charge < -0.3 is 14.2 Å². The summed E-state index contributed by atoms with van der Waals surface area (Å²) in [4.78, 5) is 38.0. The molecule has 0 spiro atoms. The van der Waals surface area contributed by atoms with E-state index in [1.54, 1.807) is 0 Å². The predicted molar refractivity (Wildman–Crippen MR) is 325 cm³/mol. The van der Waals surface area contributed by atoms with Gasteiger partial charge in [-0.1, -0.05) is 312 Å². The van der Waals surface area contributed by atoms with Crippen molar-refractivity contribution in [3.8, 4) is 0 Å². The van der Waals surface area contributed by atoms with Gasteiger partial charge in [-0.25, -0.2) is 0 Å². The molecule has 0 amide bonds. The minimum atomic E-state index is -0.769. The molecule has 0 saturated heterocycles. The lowest BCUT2D eigenvalue weighted by Gasteiger charge is -2.18. The Morgan fingerprint density at radius 2 is 0.520 bits per heavy atom. The van der Waals surface area contributed by atoms with Crippen LogP contribution in [0.25, 0.3) is 0 Å². The van der Waals surface area contributed by atoms with Crippen molar-refractivity contribution in [2.45, 2.75) is 335 Å². The summed E-state index contributed by atoms with van der Waals surface area (Å²) in [6.45, 7) is 6.52. The van der Waals surface area contributed by atoms with E-state index in [0.717, 1.165) is 96.3 Å². The molecular weight excluding hydrogens is 925 g/mol. The first-order valence-corrected chi connectivity index (χ1v) is 32.4. The summed E-state index contributed by atoms with van der Waals surface area (Å²) in [6.07, 6.45) is 82.3. The van der Waals surface area contributed by atoms with Crippen LogP contribution in [0, 0.1) is 0 Å². The standard InChI is InChI=1S/C69H122O6/c1-4-7-10-13-16-18-20-22-24-26-27-28-29-30-31-32-33-34-35-36-37-38-39-40-41-43-44-46-48-50-53-56-59-62-68(71)74-65-66(64-73-67(70)61-58-55-52-15-12-9-6-3)75-69(72)63-60-57-54-51-49-47-45-42-25-23-21-19-17-14-11-8-5-2/h7,10,16,18,22,24,27-28,30-31,33-34,66H,4-6,8-9,11-15,17,19-21,23,25-26,29,32,35-65H2,1-3H3/b10-7-,18-16-,24-22-,28-27-,31-30-,34-33-. The Labute approximate surface area is 465 Å². The quantitative estimate of drug-likeness (QED) is 0.0261. The number of unbranched alkanes of at least 4 members (excludes halogenated alkanes) is 36. The zero-order chi connectivity index (χ0) is 54.3. The van der Waals surface area contributed by atoms with Crippen LogP contribution in [0.4, 0.5) is 0 Å². The first-order valence-electron chi connectivity index (χ1n) is 32.4. The molecule has 0 radical (unpaired) electrons. The summed E-state index contributed by atoms with van der Waals surface area (Å²) >= 11 is 0. The molecule has 1 unspecified atom stereocenters. The van der Waals surface area contributed by atoms with E-state index in [2.05, 4.69) is 93.7 Å². The predicted octanol–water partition coefficient (Wildman–Crippen LogP) is 22.1. The highest BCUT2D eigenvalue weighted by molar-refractivity contribution is 5.71. The molecule has 0 aliphatic carbocycles. The van der Waals surface area contributed by atoms with Gasteiger partial charge in [0.2, 0.25) is 0 Å². The molecule has 0 aromatic carbocycles.